The molecule has 0 aromatic heterocycles. The molecule has 5 atom stereocenters. The number of esters is 1. The van der Waals surface area contributed by atoms with Gasteiger partial charge in [-0.1, -0.05) is 33.4 Å². The van der Waals surface area contributed by atoms with Crippen LogP contribution < -0.4 is 0 Å². The third-order valence-corrected chi connectivity index (χ3v) is 7.25. The summed E-state index contributed by atoms with van der Waals surface area (Å²) >= 11 is 0. The third-order valence-electron chi connectivity index (χ3n) is 7.25. The molecule has 0 radical (unpaired) electrons. The molecule has 2 bridgehead atoms. The number of carbonyl (C=O) groups excluding carboxylic acids is 3. The van der Waals surface area contributed by atoms with Crippen LogP contribution in [0, 0.1) is 22.7 Å². The molecule has 1 fully saturated rings. The zero-order chi connectivity index (χ0) is 20.1. The summed E-state index contributed by atoms with van der Waals surface area (Å²) in [6.45, 7) is 11.3. The fraction of sp³-hybridized carbons (Fsp3) is 0.682. The van der Waals surface area contributed by atoms with E-state index in [0.29, 0.717) is 43.3 Å². The second-order valence-corrected chi connectivity index (χ2v) is 9.22. The second-order valence-electron chi connectivity index (χ2n) is 9.22. The van der Waals surface area contributed by atoms with Crippen LogP contribution in [0.5, 0.6) is 0 Å². The summed E-state index contributed by atoms with van der Waals surface area (Å²) in [6, 6.07) is 0. The van der Waals surface area contributed by atoms with Gasteiger partial charge in [-0.15, -0.1) is 0 Å². The van der Waals surface area contributed by atoms with Crippen molar-refractivity contribution < 1.29 is 24.2 Å². The Morgan fingerprint density at radius 1 is 1.26 bits per heavy atom. The molecule has 3 rings (SSSR count). The van der Waals surface area contributed by atoms with Gasteiger partial charge in [0, 0.05) is 35.7 Å². The van der Waals surface area contributed by atoms with E-state index in [-0.39, 0.29) is 35.5 Å². The van der Waals surface area contributed by atoms with Crippen LogP contribution in [0.15, 0.2) is 23.8 Å². The molecule has 0 aromatic carbocycles. The number of hydrogen-bond donors (Lipinski definition) is 1. The van der Waals surface area contributed by atoms with Crippen LogP contribution >= 0.6 is 0 Å². The van der Waals surface area contributed by atoms with Crippen molar-refractivity contribution in [2.75, 3.05) is 0 Å². The first kappa shape index (κ1) is 20.0. The summed E-state index contributed by atoms with van der Waals surface area (Å²) in [5, 5.41) is 10.9. The quantitative estimate of drug-likeness (QED) is 0.563. The number of ether oxygens (including phenoxy) is 1. The Morgan fingerprint density at radius 3 is 2.56 bits per heavy atom. The lowest BCUT2D eigenvalue weighted by molar-refractivity contribution is -0.173. The standard InChI is InChI=1S/C22H30O5/c1-12-14-6-7-18(25)22(5)9-8-19(27-13(2)23)21(3,4)17(22)11-16(24)15(10-14)20(12)26/h10,14,16-17,19,24H,1,6-9,11H2,2-5H3/t14-,16-,17?,19+,22-/m1/s1. The summed E-state index contributed by atoms with van der Waals surface area (Å²) in [6.07, 6.45) is 3.02. The van der Waals surface area contributed by atoms with E-state index in [0.717, 1.165) is 0 Å². The Kier molecular flexibility index (Phi) is 4.96. The highest BCUT2D eigenvalue weighted by Gasteiger charge is 2.56. The number of fused-ring (bicyclic) bond motifs is 2. The topological polar surface area (TPSA) is 80.7 Å². The van der Waals surface area contributed by atoms with Gasteiger partial charge in [0.25, 0.3) is 0 Å². The van der Waals surface area contributed by atoms with Crippen molar-refractivity contribution in [2.45, 2.75) is 72.0 Å². The van der Waals surface area contributed by atoms with E-state index in [1.165, 1.54) is 6.92 Å². The maximum absolute atomic E-state index is 13.3. The van der Waals surface area contributed by atoms with Gasteiger partial charge in [-0.2, -0.15) is 0 Å². The number of aliphatic hydroxyl groups excluding tert-OH is 1. The highest BCUT2D eigenvalue weighted by molar-refractivity contribution is 6.11. The normalized spacial score (nSPS) is 38.9. The lowest BCUT2D eigenvalue weighted by Crippen LogP contribution is -2.55. The molecule has 0 spiro atoms. The summed E-state index contributed by atoms with van der Waals surface area (Å²) in [7, 11) is 0. The van der Waals surface area contributed by atoms with E-state index in [1.807, 2.05) is 20.8 Å². The minimum Gasteiger partial charge on any atom is -0.462 e. The number of aliphatic hydroxyl groups is 1. The van der Waals surface area contributed by atoms with Crippen molar-refractivity contribution in [3.05, 3.63) is 23.8 Å². The van der Waals surface area contributed by atoms with E-state index >= 15 is 0 Å². The number of allylic oxidation sites excluding steroid dienone is 2. The molecule has 5 nitrogen and oxygen atoms in total. The molecule has 5 heteroatoms. The fourth-order valence-electron chi connectivity index (χ4n) is 5.52. The van der Waals surface area contributed by atoms with Crippen molar-refractivity contribution in [1.29, 1.82) is 0 Å². The second kappa shape index (κ2) is 6.69. The first-order valence-electron chi connectivity index (χ1n) is 9.82. The van der Waals surface area contributed by atoms with Gasteiger partial charge in [-0.25, -0.2) is 0 Å². The molecule has 0 amide bonds. The zero-order valence-corrected chi connectivity index (χ0v) is 16.7. The molecule has 3 aliphatic carbocycles. The van der Waals surface area contributed by atoms with Gasteiger partial charge in [-0.05, 0) is 37.2 Å². The van der Waals surface area contributed by atoms with Crippen molar-refractivity contribution in [3.63, 3.8) is 0 Å². The predicted octanol–water partition coefficient (Wildman–Crippen LogP) is 3.16. The van der Waals surface area contributed by atoms with Crippen LogP contribution in [0.4, 0.5) is 0 Å². The molecular weight excluding hydrogens is 344 g/mol. The van der Waals surface area contributed by atoms with Crippen LogP contribution in [0.2, 0.25) is 0 Å². The molecule has 0 aromatic rings. The molecule has 0 aliphatic heterocycles. The van der Waals surface area contributed by atoms with Crippen LogP contribution in [0.1, 0.15) is 59.8 Å². The average Bonchev–Trinajstić information content (AvgIpc) is 2.86. The third kappa shape index (κ3) is 3.20. The van der Waals surface area contributed by atoms with Gasteiger partial charge in [0.2, 0.25) is 0 Å². The number of Topliss-reactive ketones (excluding diaryl/α,β-unsaturated/α-hetero) is 2. The highest BCUT2D eigenvalue weighted by atomic mass is 16.5. The Balaban J connectivity index is 2.02. The highest BCUT2D eigenvalue weighted by Crippen LogP contribution is 2.56. The molecule has 27 heavy (non-hydrogen) atoms. The molecule has 1 saturated carbocycles. The molecule has 1 N–H and O–H groups in total. The summed E-state index contributed by atoms with van der Waals surface area (Å²) < 4.78 is 5.57. The smallest absolute Gasteiger partial charge is 0.302 e. The molecule has 3 aliphatic rings. The van der Waals surface area contributed by atoms with E-state index in [9.17, 15) is 19.5 Å². The van der Waals surface area contributed by atoms with Crippen LogP contribution in [0.3, 0.4) is 0 Å². The van der Waals surface area contributed by atoms with E-state index in [2.05, 4.69) is 6.58 Å². The zero-order valence-electron chi connectivity index (χ0n) is 16.7. The Bertz CT molecular complexity index is 731. The maximum Gasteiger partial charge on any atom is 0.302 e. The Labute approximate surface area is 160 Å². The minimum atomic E-state index is -0.940. The largest absolute Gasteiger partial charge is 0.462 e. The van der Waals surface area contributed by atoms with Gasteiger partial charge in [-0.3, -0.25) is 14.4 Å². The summed E-state index contributed by atoms with van der Waals surface area (Å²) in [4.78, 5) is 37.4. The number of ketones is 2. The predicted molar refractivity (Wildman–Crippen MR) is 101 cm³/mol. The van der Waals surface area contributed by atoms with E-state index in [4.69, 9.17) is 4.74 Å². The molecule has 0 heterocycles. The van der Waals surface area contributed by atoms with Crippen LogP contribution in [-0.4, -0.2) is 34.9 Å². The number of rotatable bonds is 1. The lowest BCUT2D eigenvalue weighted by atomic mass is 9.52. The number of hydrogen-bond acceptors (Lipinski definition) is 5. The first-order valence-corrected chi connectivity index (χ1v) is 9.82. The maximum atomic E-state index is 13.3. The monoisotopic (exact) mass is 374 g/mol. The Morgan fingerprint density at radius 2 is 1.93 bits per heavy atom. The van der Waals surface area contributed by atoms with Crippen molar-refractivity contribution in [2.24, 2.45) is 22.7 Å². The van der Waals surface area contributed by atoms with E-state index < -0.39 is 16.9 Å². The van der Waals surface area contributed by atoms with Crippen LogP contribution in [0.25, 0.3) is 0 Å². The van der Waals surface area contributed by atoms with Gasteiger partial charge in [0.15, 0.2) is 5.78 Å². The van der Waals surface area contributed by atoms with Gasteiger partial charge >= 0.3 is 5.97 Å². The first-order chi connectivity index (χ1) is 12.5. The minimum absolute atomic E-state index is 0.156. The van der Waals surface area contributed by atoms with Crippen LogP contribution in [-0.2, 0) is 19.1 Å². The molecule has 1 unspecified atom stereocenters. The van der Waals surface area contributed by atoms with Gasteiger partial charge < -0.3 is 9.84 Å². The van der Waals surface area contributed by atoms with Gasteiger partial charge in [0.1, 0.15) is 11.9 Å². The van der Waals surface area contributed by atoms with Crippen molar-refractivity contribution >= 4 is 17.5 Å². The SMILES string of the molecule is C=C1C(=O)C2=C[C@H]1CCC(=O)[C@]1(C)CC[C@H](OC(C)=O)C(C)(C)C1C[C@H]2O. The summed E-state index contributed by atoms with van der Waals surface area (Å²) in [5.41, 5.74) is -0.216. The van der Waals surface area contributed by atoms with Crippen molar-refractivity contribution in [3.8, 4) is 0 Å². The van der Waals surface area contributed by atoms with E-state index in [1.54, 1.807) is 6.08 Å². The Hall–Kier alpha value is -1.75. The number of carbonyl (C=O) groups is 3. The average molecular weight is 374 g/mol. The molecular formula is C22H30O5. The molecule has 0 saturated heterocycles. The van der Waals surface area contributed by atoms with Gasteiger partial charge in [0.05, 0.1) is 6.10 Å². The fourth-order valence-corrected chi connectivity index (χ4v) is 5.52. The molecule has 148 valence electrons. The summed E-state index contributed by atoms with van der Waals surface area (Å²) in [5.74, 6) is -0.718. The van der Waals surface area contributed by atoms with Crippen molar-refractivity contribution in [1.82, 2.24) is 0 Å². The lowest BCUT2D eigenvalue weighted by Gasteiger charge is -2.54.